The Bertz CT molecular complexity index is 1010. The Balaban J connectivity index is 1.68. The maximum atomic E-state index is 12.8. The van der Waals surface area contributed by atoms with E-state index in [1.807, 2.05) is 12.1 Å². The number of fused-ring (bicyclic) bond motifs is 3. The van der Waals surface area contributed by atoms with E-state index in [-0.39, 0.29) is 0 Å². The molecule has 2 heterocycles. The first-order valence-electron chi connectivity index (χ1n) is 9.40. The highest BCUT2D eigenvalue weighted by Gasteiger charge is 2.30. The number of para-hydroxylation sites is 1. The van der Waals surface area contributed by atoms with Gasteiger partial charge in [-0.05, 0) is 49.7 Å². The van der Waals surface area contributed by atoms with E-state index in [0.29, 0.717) is 19.0 Å². The predicted molar refractivity (Wildman–Crippen MR) is 107 cm³/mol. The van der Waals surface area contributed by atoms with E-state index in [1.54, 1.807) is 12.1 Å². The smallest absolute Gasteiger partial charge is 0.343 e. The number of aryl methyl sites for hydroxylation is 2. The van der Waals surface area contributed by atoms with Crippen molar-refractivity contribution in [3.05, 3.63) is 69.9 Å². The van der Waals surface area contributed by atoms with Gasteiger partial charge in [0, 0.05) is 36.6 Å². The third-order valence-corrected chi connectivity index (χ3v) is 6.12. The van der Waals surface area contributed by atoms with Crippen LogP contribution in [0.5, 0.6) is 0 Å². The van der Waals surface area contributed by atoms with E-state index in [2.05, 4.69) is 29.5 Å². The third kappa shape index (κ3) is 3.42. The van der Waals surface area contributed by atoms with E-state index in [9.17, 15) is 13.2 Å². The minimum absolute atomic E-state index is 0.431. The van der Waals surface area contributed by atoms with E-state index in [4.69, 9.17) is 11.6 Å². The summed E-state index contributed by atoms with van der Waals surface area (Å²) in [5, 5.41) is 1.89. The van der Waals surface area contributed by atoms with Crippen molar-refractivity contribution in [2.45, 2.75) is 45.1 Å². The highest BCUT2D eigenvalue weighted by molar-refractivity contribution is 6.35. The topological polar surface area (TPSA) is 8.17 Å². The van der Waals surface area contributed by atoms with Gasteiger partial charge in [0.15, 0.2) is 0 Å². The lowest BCUT2D eigenvalue weighted by molar-refractivity contribution is -0.137. The highest BCUT2D eigenvalue weighted by Crippen LogP contribution is 2.36. The summed E-state index contributed by atoms with van der Waals surface area (Å²) in [6.45, 7) is 3.78. The number of aromatic nitrogens is 1. The molecular weight excluding hydrogens is 385 g/mol. The fourth-order valence-electron chi connectivity index (χ4n) is 4.09. The lowest BCUT2D eigenvalue weighted by atomic mass is 10.00. The Labute approximate surface area is 167 Å². The summed E-state index contributed by atoms with van der Waals surface area (Å²) >= 11 is 6.55. The molecule has 2 aromatic carbocycles. The minimum atomic E-state index is -4.30. The van der Waals surface area contributed by atoms with E-state index in [0.717, 1.165) is 41.2 Å². The van der Waals surface area contributed by atoms with Gasteiger partial charge in [0.2, 0.25) is 0 Å². The van der Waals surface area contributed by atoms with Gasteiger partial charge in [0.25, 0.3) is 0 Å². The first kappa shape index (κ1) is 19.3. The monoisotopic (exact) mass is 406 g/mol. The van der Waals surface area contributed by atoms with Crippen LogP contribution in [0.3, 0.4) is 0 Å². The fourth-order valence-corrected chi connectivity index (χ4v) is 4.36. The van der Waals surface area contributed by atoms with E-state index >= 15 is 0 Å². The Morgan fingerprint density at radius 1 is 1.11 bits per heavy atom. The van der Waals surface area contributed by atoms with Gasteiger partial charge in [0.1, 0.15) is 0 Å². The van der Waals surface area contributed by atoms with Crippen LogP contribution in [0.4, 0.5) is 13.2 Å². The van der Waals surface area contributed by atoms with E-state index < -0.39 is 11.7 Å². The zero-order valence-corrected chi connectivity index (χ0v) is 16.6. The first-order chi connectivity index (χ1) is 13.3. The van der Waals surface area contributed by atoms with E-state index in [1.165, 1.54) is 16.6 Å². The molecular formula is C22H22ClF3N2. The molecule has 1 unspecified atom stereocenters. The molecule has 1 aliphatic heterocycles. The van der Waals surface area contributed by atoms with Crippen molar-refractivity contribution < 1.29 is 13.2 Å². The molecule has 1 aromatic heterocycles. The molecule has 1 aliphatic rings. The minimum Gasteiger partial charge on any atom is -0.343 e. The Morgan fingerprint density at radius 3 is 2.50 bits per heavy atom. The van der Waals surface area contributed by atoms with Crippen molar-refractivity contribution in [2.24, 2.45) is 0 Å². The molecule has 0 amide bonds. The molecule has 0 aliphatic carbocycles. The maximum absolute atomic E-state index is 12.8. The number of likely N-dealkylation sites (N-methyl/N-ethyl adjacent to an activating group) is 1. The van der Waals surface area contributed by atoms with Crippen LogP contribution < -0.4 is 0 Å². The number of benzene rings is 2. The molecule has 148 valence electrons. The van der Waals surface area contributed by atoms with Gasteiger partial charge in [-0.1, -0.05) is 35.9 Å². The van der Waals surface area contributed by atoms with Crippen LogP contribution in [0, 0.1) is 0 Å². The molecule has 3 aromatic rings. The second-order valence-electron chi connectivity index (χ2n) is 7.63. The van der Waals surface area contributed by atoms with Crippen molar-refractivity contribution in [1.29, 1.82) is 0 Å². The van der Waals surface area contributed by atoms with Crippen LogP contribution in [0.2, 0.25) is 5.02 Å². The van der Waals surface area contributed by atoms with Gasteiger partial charge in [-0.15, -0.1) is 0 Å². The number of alkyl halides is 3. The highest BCUT2D eigenvalue weighted by atomic mass is 35.5. The van der Waals surface area contributed by atoms with Crippen LogP contribution in [-0.2, 0) is 32.1 Å². The number of halogens is 4. The molecule has 6 heteroatoms. The van der Waals surface area contributed by atoms with Crippen LogP contribution in [0.25, 0.3) is 10.9 Å². The fraction of sp³-hybridized carbons (Fsp3) is 0.364. The summed E-state index contributed by atoms with van der Waals surface area (Å²) in [6, 6.07) is 11.9. The average molecular weight is 407 g/mol. The van der Waals surface area contributed by atoms with Crippen molar-refractivity contribution in [2.75, 3.05) is 7.05 Å². The predicted octanol–water partition coefficient (Wildman–Crippen LogP) is 5.93. The summed E-state index contributed by atoms with van der Waals surface area (Å²) in [4.78, 5) is 2.34. The number of rotatable bonds is 3. The molecule has 0 N–H and O–H groups in total. The van der Waals surface area contributed by atoms with Crippen LogP contribution in [0.1, 0.15) is 29.3 Å². The zero-order chi connectivity index (χ0) is 20.1. The van der Waals surface area contributed by atoms with Crippen molar-refractivity contribution in [3.8, 4) is 0 Å². The van der Waals surface area contributed by atoms with Crippen molar-refractivity contribution >= 4 is 22.5 Å². The standard InChI is InChI=1S/C22H22ClF3N2/c1-14-12-20-18(13-27(14)2)17-4-3-5-19(23)21(17)28(20)11-10-15-6-8-16(9-7-15)22(24,25)26/h3-9,14H,10-13H2,1-2H3. The summed E-state index contributed by atoms with van der Waals surface area (Å²) in [5.74, 6) is 0. The lowest BCUT2D eigenvalue weighted by Gasteiger charge is -2.31. The van der Waals surface area contributed by atoms with Crippen LogP contribution in [0.15, 0.2) is 42.5 Å². The molecule has 0 radical (unpaired) electrons. The number of hydrogen-bond acceptors (Lipinski definition) is 1. The SMILES string of the molecule is CC1Cc2c(c3cccc(Cl)c3n2CCc2ccc(C(F)(F)F)cc2)CN1C. The lowest BCUT2D eigenvalue weighted by Crippen LogP contribution is -2.35. The molecule has 0 spiro atoms. The Kier molecular flexibility index (Phi) is 4.92. The maximum Gasteiger partial charge on any atom is 0.416 e. The molecule has 0 saturated carbocycles. The normalized spacial score (nSPS) is 17.9. The molecule has 4 rings (SSSR count). The average Bonchev–Trinajstić information content (AvgIpc) is 2.94. The second kappa shape index (κ2) is 7.12. The van der Waals surface area contributed by atoms with Gasteiger partial charge in [-0.2, -0.15) is 13.2 Å². The van der Waals surface area contributed by atoms with Crippen molar-refractivity contribution in [1.82, 2.24) is 9.47 Å². The molecule has 0 fully saturated rings. The molecule has 0 bridgehead atoms. The zero-order valence-electron chi connectivity index (χ0n) is 15.9. The van der Waals surface area contributed by atoms with Crippen LogP contribution >= 0.6 is 11.6 Å². The Morgan fingerprint density at radius 2 is 1.82 bits per heavy atom. The largest absolute Gasteiger partial charge is 0.416 e. The molecule has 28 heavy (non-hydrogen) atoms. The molecule has 0 saturated heterocycles. The quantitative estimate of drug-likeness (QED) is 0.523. The Hall–Kier alpha value is -1.98. The summed E-state index contributed by atoms with van der Waals surface area (Å²) in [7, 11) is 2.13. The van der Waals surface area contributed by atoms with Crippen LogP contribution in [-0.4, -0.2) is 22.6 Å². The number of nitrogens with zero attached hydrogens (tertiary/aromatic N) is 2. The molecule has 2 nitrogen and oxygen atoms in total. The van der Waals surface area contributed by atoms with Crippen molar-refractivity contribution in [3.63, 3.8) is 0 Å². The summed E-state index contributed by atoms with van der Waals surface area (Å²) in [6.07, 6.45) is -2.71. The first-order valence-corrected chi connectivity index (χ1v) is 9.78. The summed E-state index contributed by atoms with van der Waals surface area (Å²) < 4.78 is 40.6. The summed E-state index contributed by atoms with van der Waals surface area (Å²) in [5.41, 5.74) is 3.91. The van der Waals surface area contributed by atoms with Gasteiger partial charge in [-0.25, -0.2) is 0 Å². The number of hydrogen-bond donors (Lipinski definition) is 0. The molecule has 1 atom stereocenters. The second-order valence-corrected chi connectivity index (χ2v) is 8.03. The van der Waals surface area contributed by atoms with Gasteiger partial charge in [-0.3, -0.25) is 4.90 Å². The van der Waals surface area contributed by atoms with Gasteiger partial charge >= 0.3 is 6.18 Å². The van der Waals surface area contributed by atoms with Gasteiger partial charge in [0.05, 0.1) is 16.1 Å². The third-order valence-electron chi connectivity index (χ3n) is 5.81. The van der Waals surface area contributed by atoms with Gasteiger partial charge < -0.3 is 4.57 Å².